The van der Waals surface area contributed by atoms with Gasteiger partial charge in [0.15, 0.2) is 0 Å². The normalized spacial score (nSPS) is 18.2. The number of aromatic nitrogens is 5. The molecule has 4 aromatic rings. The topological polar surface area (TPSA) is 89.1 Å². The molecule has 4 aromatic heterocycles. The van der Waals surface area contributed by atoms with Crippen LogP contribution in [0.3, 0.4) is 0 Å². The van der Waals surface area contributed by atoms with E-state index in [2.05, 4.69) is 20.5 Å². The van der Waals surface area contributed by atoms with Crippen LogP contribution in [0, 0.1) is 0 Å². The molecule has 32 heavy (non-hydrogen) atoms. The lowest BCUT2D eigenvalue weighted by Crippen LogP contribution is -2.55. The molecular weight excluding hydrogens is 420 g/mol. The Hall–Kier alpha value is -3.76. The number of ether oxygens (including phenoxy) is 1. The number of hydrogen-bond acceptors (Lipinski definition) is 6. The zero-order valence-electron chi connectivity index (χ0n) is 17.5. The molecule has 0 unspecified atom stereocenters. The number of rotatable bonds is 4. The van der Waals surface area contributed by atoms with Crippen LogP contribution in [0.4, 0.5) is 14.7 Å². The van der Waals surface area contributed by atoms with E-state index in [1.165, 1.54) is 14.0 Å². The SMILES string of the molecule is COc1nc(N[C@@H]2CCN(C(C)=O)CC2(F)F)nn2ccc(-c3ccn4nccc4c3)c12. The number of piperidine rings is 1. The maximum atomic E-state index is 14.6. The zero-order chi connectivity index (χ0) is 22.5. The number of pyridine rings is 1. The maximum Gasteiger partial charge on any atom is 0.285 e. The van der Waals surface area contributed by atoms with E-state index in [-0.39, 0.29) is 30.7 Å². The molecular formula is C21H21F2N7O2. The first kappa shape index (κ1) is 20.2. The highest BCUT2D eigenvalue weighted by molar-refractivity contribution is 5.85. The fourth-order valence-electron chi connectivity index (χ4n) is 4.06. The highest BCUT2D eigenvalue weighted by Crippen LogP contribution is 2.33. The summed E-state index contributed by atoms with van der Waals surface area (Å²) in [6.45, 7) is 0.900. The summed E-state index contributed by atoms with van der Waals surface area (Å²) in [7, 11) is 1.48. The number of carbonyl (C=O) groups excluding carboxylic acids is 1. The van der Waals surface area contributed by atoms with E-state index in [1.807, 2.05) is 30.5 Å². The van der Waals surface area contributed by atoms with Gasteiger partial charge in [-0.2, -0.15) is 10.1 Å². The van der Waals surface area contributed by atoms with E-state index in [4.69, 9.17) is 4.74 Å². The third kappa shape index (κ3) is 3.39. The van der Waals surface area contributed by atoms with Crippen LogP contribution in [-0.4, -0.2) is 67.2 Å². The van der Waals surface area contributed by atoms with Crippen molar-refractivity contribution >= 4 is 22.9 Å². The Labute approximate surface area is 181 Å². The molecule has 0 saturated carbocycles. The van der Waals surface area contributed by atoms with E-state index in [9.17, 15) is 13.6 Å². The second kappa shape index (κ2) is 7.43. The van der Waals surface area contributed by atoms with Crippen molar-refractivity contribution in [1.82, 2.24) is 29.1 Å². The van der Waals surface area contributed by atoms with Gasteiger partial charge in [-0.3, -0.25) is 4.79 Å². The van der Waals surface area contributed by atoms with Gasteiger partial charge in [-0.25, -0.2) is 17.8 Å². The van der Waals surface area contributed by atoms with E-state index in [0.717, 1.165) is 21.5 Å². The van der Waals surface area contributed by atoms with Crippen LogP contribution in [0.2, 0.25) is 0 Å². The Morgan fingerprint density at radius 3 is 2.81 bits per heavy atom. The number of alkyl halides is 2. The monoisotopic (exact) mass is 441 g/mol. The Morgan fingerprint density at radius 1 is 1.25 bits per heavy atom. The minimum absolute atomic E-state index is 0.0312. The lowest BCUT2D eigenvalue weighted by Gasteiger charge is -2.38. The standard InChI is InChI=1S/C21H21F2N7O2/c1-13(31)28-8-6-17(21(22,23)12-28)25-20-26-19(32-2)18-16(5-10-30(18)27-20)14-4-9-29-15(11-14)3-7-24-29/h3-5,7,9-11,17H,6,8,12H2,1-2H3,(H,25,27)/t17-/m1/s1. The molecule has 1 N–H and O–H groups in total. The second-order valence-corrected chi connectivity index (χ2v) is 7.77. The van der Waals surface area contributed by atoms with Crippen LogP contribution in [0.15, 0.2) is 42.9 Å². The van der Waals surface area contributed by atoms with E-state index < -0.39 is 18.5 Å². The highest BCUT2D eigenvalue weighted by Gasteiger charge is 2.45. The summed E-state index contributed by atoms with van der Waals surface area (Å²) in [6, 6.07) is 6.48. The zero-order valence-corrected chi connectivity index (χ0v) is 17.5. The quantitative estimate of drug-likeness (QED) is 0.524. The van der Waals surface area contributed by atoms with Crippen LogP contribution >= 0.6 is 0 Å². The molecule has 1 amide bonds. The fourth-order valence-corrected chi connectivity index (χ4v) is 4.06. The summed E-state index contributed by atoms with van der Waals surface area (Å²) in [5.74, 6) is -3.18. The predicted octanol–water partition coefficient (Wildman–Crippen LogP) is 2.72. The van der Waals surface area contributed by atoms with Crippen LogP contribution in [0.25, 0.3) is 22.2 Å². The second-order valence-electron chi connectivity index (χ2n) is 7.77. The molecule has 166 valence electrons. The number of anilines is 1. The van der Waals surface area contributed by atoms with Gasteiger partial charge in [0.05, 0.1) is 25.2 Å². The summed E-state index contributed by atoms with van der Waals surface area (Å²) in [4.78, 5) is 17.0. The summed E-state index contributed by atoms with van der Waals surface area (Å²) < 4.78 is 38.1. The van der Waals surface area contributed by atoms with Crippen LogP contribution in [-0.2, 0) is 4.79 Å². The lowest BCUT2D eigenvalue weighted by atomic mass is 10.0. The van der Waals surface area contributed by atoms with E-state index in [1.54, 1.807) is 21.4 Å². The van der Waals surface area contributed by atoms with Crippen molar-refractivity contribution in [2.24, 2.45) is 0 Å². The number of nitrogens with zero attached hydrogens (tertiary/aromatic N) is 6. The predicted molar refractivity (Wildman–Crippen MR) is 113 cm³/mol. The molecule has 5 heterocycles. The first-order chi connectivity index (χ1) is 15.4. The van der Waals surface area contributed by atoms with E-state index in [0.29, 0.717) is 5.52 Å². The number of fused-ring (bicyclic) bond motifs is 2. The molecule has 9 nitrogen and oxygen atoms in total. The van der Waals surface area contributed by atoms with Gasteiger partial charge in [0.1, 0.15) is 5.52 Å². The van der Waals surface area contributed by atoms with Gasteiger partial charge in [0.25, 0.3) is 5.92 Å². The largest absolute Gasteiger partial charge is 0.479 e. The van der Waals surface area contributed by atoms with Crippen molar-refractivity contribution in [3.8, 4) is 17.0 Å². The van der Waals surface area contributed by atoms with Crippen molar-refractivity contribution in [1.29, 1.82) is 0 Å². The summed E-state index contributed by atoms with van der Waals surface area (Å²) >= 11 is 0. The average molecular weight is 441 g/mol. The van der Waals surface area contributed by atoms with Crippen molar-refractivity contribution in [3.05, 3.63) is 42.9 Å². The lowest BCUT2D eigenvalue weighted by molar-refractivity contribution is -0.140. The minimum Gasteiger partial charge on any atom is -0.479 e. The smallest absolute Gasteiger partial charge is 0.285 e. The highest BCUT2D eigenvalue weighted by atomic mass is 19.3. The van der Waals surface area contributed by atoms with E-state index >= 15 is 0 Å². The summed E-state index contributed by atoms with van der Waals surface area (Å²) in [6.07, 6.45) is 5.39. The first-order valence-corrected chi connectivity index (χ1v) is 10.1. The first-order valence-electron chi connectivity index (χ1n) is 10.1. The molecule has 0 bridgehead atoms. The number of likely N-dealkylation sites (tertiary alicyclic amines) is 1. The molecule has 0 aliphatic carbocycles. The molecule has 1 aliphatic heterocycles. The Balaban J connectivity index is 1.48. The Morgan fingerprint density at radius 2 is 2.06 bits per heavy atom. The number of hydrogen-bond donors (Lipinski definition) is 1. The molecule has 0 radical (unpaired) electrons. The van der Waals surface area contributed by atoms with Gasteiger partial charge >= 0.3 is 0 Å². The van der Waals surface area contributed by atoms with Crippen molar-refractivity contribution in [3.63, 3.8) is 0 Å². The molecule has 0 spiro atoms. The molecule has 1 aliphatic rings. The Bertz CT molecular complexity index is 1320. The van der Waals surface area contributed by atoms with Crippen molar-refractivity contribution in [2.45, 2.75) is 25.3 Å². The van der Waals surface area contributed by atoms with Gasteiger partial charge in [-0.15, -0.1) is 5.10 Å². The van der Waals surface area contributed by atoms with Gasteiger partial charge in [-0.05, 0) is 36.2 Å². The third-order valence-electron chi connectivity index (χ3n) is 5.73. The number of halogens is 2. The number of carbonyl (C=O) groups is 1. The average Bonchev–Trinajstić information content (AvgIpc) is 3.40. The molecule has 11 heteroatoms. The summed E-state index contributed by atoms with van der Waals surface area (Å²) in [5, 5.41) is 11.3. The Kier molecular flexibility index (Phi) is 4.68. The van der Waals surface area contributed by atoms with Gasteiger partial charge in [0, 0.05) is 37.6 Å². The number of methoxy groups -OCH3 is 1. The molecule has 1 atom stereocenters. The summed E-state index contributed by atoms with van der Waals surface area (Å²) in [5.41, 5.74) is 3.32. The molecule has 1 fully saturated rings. The van der Waals surface area contributed by atoms with Gasteiger partial charge < -0.3 is 15.0 Å². The molecule has 5 rings (SSSR count). The van der Waals surface area contributed by atoms with Crippen molar-refractivity contribution < 1.29 is 18.3 Å². The van der Waals surface area contributed by atoms with Crippen LogP contribution in [0.1, 0.15) is 13.3 Å². The maximum absolute atomic E-state index is 14.6. The molecule has 0 aromatic carbocycles. The fraction of sp³-hybridized carbons (Fsp3) is 0.333. The van der Waals surface area contributed by atoms with Gasteiger partial charge in [-0.1, -0.05) is 0 Å². The van der Waals surface area contributed by atoms with Gasteiger partial charge in [0.2, 0.25) is 17.7 Å². The minimum atomic E-state index is -3.11. The van der Waals surface area contributed by atoms with Crippen LogP contribution < -0.4 is 10.1 Å². The van der Waals surface area contributed by atoms with Crippen LogP contribution in [0.5, 0.6) is 5.88 Å². The van der Waals surface area contributed by atoms with Crippen molar-refractivity contribution in [2.75, 3.05) is 25.5 Å². The third-order valence-corrected chi connectivity index (χ3v) is 5.73. The number of nitrogens with one attached hydrogen (secondary N) is 1. The number of amides is 1. The molecule has 1 saturated heterocycles.